The summed E-state index contributed by atoms with van der Waals surface area (Å²) < 4.78 is 9.12. The van der Waals surface area contributed by atoms with Crippen molar-refractivity contribution in [2.45, 2.75) is 19.0 Å². The molecule has 0 amide bonds. The van der Waals surface area contributed by atoms with Crippen LogP contribution in [0.1, 0.15) is 12.8 Å². The summed E-state index contributed by atoms with van der Waals surface area (Å²) in [6.45, 7) is 0. The SMILES string of the molecule is C1=CC2C3=C(C=CCC3)N(c3cc(-c4ccccc4)cc4oc5ccc(-c6cccc(-n7c8ccccc8c8ccccc87)c6)cc5c34)C2N=C1. The van der Waals surface area contributed by atoms with E-state index in [2.05, 4.69) is 167 Å². The number of hydrogen-bond acceptors (Lipinski definition) is 3. The molecule has 0 bridgehead atoms. The predicted molar refractivity (Wildman–Crippen MR) is 212 cm³/mol. The molecule has 4 heterocycles. The van der Waals surface area contributed by atoms with E-state index in [0.29, 0.717) is 0 Å². The molecule has 0 saturated carbocycles. The number of rotatable bonds is 4. The molecule has 1 aliphatic carbocycles. The third kappa shape index (κ3) is 4.29. The molecule has 6 aromatic carbocycles. The summed E-state index contributed by atoms with van der Waals surface area (Å²) in [6, 6.07) is 48.1. The van der Waals surface area contributed by atoms with Crippen molar-refractivity contribution in [3.05, 3.63) is 169 Å². The molecule has 242 valence electrons. The molecular formula is C47H33N3O. The van der Waals surface area contributed by atoms with Crippen LogP contribution >= 0.6 is 0 Å². The number of furan rings is 1. The van der Waals surface area contributed by atoms with Gasteiger partial charge in [-0.15, -0.1) is 0 Å². The van der Waals surface area contributed by atoms with Crippen LogP contribution in [0.15, 0.2) is 178 Å². The van der Waals surface area contributed by atoms with Crippen LogP contribution in [0.25, 0.3) is 71.7 Å². The van der Waals surface area contributed by atoms with Gasteiger partial charge in [-0.05, 0) is 101 Å². The lowest BCUT2D eigenvalue weighted by Gasteiger charge is -2.30. The van der Waals surface area contributed by atoms with Crippen molar-refractivity contribution in [1.29, 1.82) is 0 Å². The molecule has 2 aliphatic heterocycles. The molecule has 4 nitrogen and oxygen atoms in total. The highest BCUT2D eigenvalue weighted by molar-refractivity contribution is 6.15. The van der Waals surface area contributed by atoms with Gasteiger partial charge in [-0.2, -0.15) is 0 Å². The zero-order valence-electron chi connectivity index (χ0n) is 27.9. The number of benzene rings is 6. The van der Waals surface area contributed by atoms with E-state index in [4.69, 9.17) is 9.41 Å². The number of hydrogen-bond donors (Lipinski definition) is 0. The molecule has 8 aromatic rings. The van der Waals surface area contributed by atoms with Crippen molar-refractivity contribution < 1.29 is 4.42 Å². The van der Waals surface area contributed by atoms with Crippen molar-refractivity contribution in [1.82, 2.24) is 4.57 Å². The van der Waals surface area contributed by atoms with Crippen LogP contribution in [0.5, 0.6) is 0 Å². The van der Waals surface area contributed by atoms with Gasteiger partial charge in [0.25, 0.3) is 0 Å². The Morgan fingerprint density at radius 2 is 1.39 bits per heavy atom. The summed E-state index contributed by atoms with van der Waals surface area (Å²) in [7, 11) is 0. The Labute approximate surface area is 295 Å². The second kappa shape index (κ2) is 11.1. The largest absolute Gasteiger partial charge is 0.456 e. The summed E-state index contributed by atoms with van der Waals surface area (Å²) in [5.74, 6) is 0.266. The standard InChI is InChI=1S/C47H33N3O/c1-2-12-30(13-3-1)33-28-43(50-42-22-9-6-18-37(42)38-19-11-25-48-47(38)50)46-39-27-32(23-24-44(39)51-45(46)29-33)31-14-10-15-34(26-31)49-40-20-7-4-16-35(40)36-17-5-8-21-41(36)49/h1-5,7-17,19-29,38,47H,6,18H2. The summed E-state index contributed by atoms with van der Waals surface area (Å²) in [4.78, 5) is 7.58. The second-order valence-corrected chi connectivity index (χ2v) is 13.8. The minimum absolute atomic E-state index is 0.0204. The molecule has 11 rings (SSSR count). The average molecular weight is 656 g/mol. The maximum absolute atomic E-state index is 6.74. The fourth-order valence-corrected chi connectivity index (χ4v) is 8.76. The van der Waals surface area contributed by atoms with Crippen molar-refractivity contribution in [2.75, 3.05) is 4.90 Å². The van der Waals surface area contributed by atoms with E-state index in [1.807, 2.05) is 6.21 Å². The number of aliphatic imine (C=N–C) groups is 1. The highest BCUT2D eigenvalue weighted by Gasteiger charge is 2.41. The Morgan fingerprint density at radius 3 is 2.24 bits per heavy atom. The highest BCUT2D eigenvalue weighted by atomic mass is 16.3. The maximum Gasteiger partial charge on any atom is 0.138 e. The number of nitrogens with zero attached hydrogens (tertiary/aromatic N) is 3. The number of dihydropyridines is 1. The molecule has 2 unspecified atom stereocenters. The Kier molecular flexibility index (Phi) is 6.17. The van der Waals surface area contributed by atoms with E-state index in [-0.39, 0.29) is 12.1 Å². The minimum Gasteiger partial charge on any atom is -0.456 e. The first kappa shape index (κ1) is 28.4. The fraction of sp³-hybridized carbons (Fsp3) is 0.0851. The van der Waals surface area contributed by atoms with Gasteiger partial charge in [0, 0.05) is 39.7 Å². The lowest BCUT2D eigenvalue weighted by Crippen LogP contribution is -2.33. The van der Waals surface area contributed by atoms with Crippen LogP contribution in [-0.2, 0) is 0 Å². The molecule has 0 radical (unpaired) electrons. The zero-order valence-corrected chi connectivity index (χ0v) is 27.9. The lowest BCUT2D eigenvalue weighted by molar-refractivity contribution is 0.592. The first-order valence-corrected chi connectivity index (χ1v) is 17.8. The van der Waals surface area contributed by atoms with Gasteiger partial charge in [0.15, 0.2) is 0 Å². The monoisotopic (exact) mass is 655 g/mol. The number of allylic oxidation sites excluding steroid dienone is 3. The molecule has 51 heavy (non-hydrogen) atoms. The van der Waals surface area contributed by atoms with E-state index in [1.54, 1.807) is 0 Å². The predicted octanol–water partition coefficient (Wildman–Crippen LogP) is 12.0. The molecule has 2 aromatic heterocycles. The van der Waals surface area contributed by atoms with Crippen LogP contribution in [0.4, 0.5) is 5.69 Å². The van der Waals surface area contributed by atoms with Crippen LogP contribution in [0.3, 0.4) is 0 Å². The number of aromatic nitrogens is 1. The van der Waals surface area contributed by atoms with Crippen LogP contribution in [-0.4, -0.2) is 16.9 Å². The number of para-hydroxylation sites is 2. The van der Waals surface area contributed by atoms with E-state index in [0.717, 1.165) is 62.8 Å². The van der Waals surface area contributed by atoms with Gasteiger partial charge in [-0.1, -0.05) is 97.1 Å². The fourth-order valence-electron chi connectivity index (χ4n) is 8.76. The first-order valence-electron chi connectivity index (χ1n) is 17.8. The van der Waals surface area contributed by atoms with Gasteiger partial charge < -0.3 is 13.9 Å². The summed E-state index contributed by atoms with van der Waals surface area (Å²) in [6.07, 6.45) is 13.1. The molecule has 0 N–H and O–H groups in total. The average Bonchev–Trinajstić information content (AvgIpc) is 3.85. The highest BCUT2D eigenvalue weighted by Crippen LogP contribution is 2.49. The van der Waals surface area contributed by atoms with Crippen molar-refractivity contribution in [3.8, 4) is 27.9 Å². The van der Waals surface area contributed by atoms with E-state index >= 15 is 0 Å². The van der Waals surface area contributed by atoms with E-state index < -0.39 is 0 Å². The number of fused-ring (bicyclic) bond motifs is 8. The number of anilines is 1. The third-order valence-electron chi connectivity index (χ3n) is 11.0. The van der Waals surface area contributed by atoms with Crippen LogP contribution < -0.4 is 4.90 Å². The van der Waals surface area contributed by atoms with E-state index in [1.165, 1.54) is 38.6 Å². The minimum atomic E-state index is -0.0204. The van der Waals surface area contributed by atoms with E-state index in [9.17, 15) is 0 Å². The molecule has 0 fully saturated rings. The molecule has 3 aliphatic rings. The maximum atomic E-state index is 6.74. The second-order valence-electron chi connectivity index (χ2n) is 13.8. The molecule has 0 saturated heterocycles. The zero-order chi connectivity index (χ0) is 33.5. The molecular weight excluding hydrogens is 623 g/mol. The quantitative estimate of drug-likeness (QED) is 0.189. The van der Waals surface area contributed by atoms with Gasteiger partial charge in [0.05, 0.1) is 22.1 Å². The Morgan fingerprint density at radius 1 is 0.627 bits per heavy atom. The third-order valence-corrected chi connectivity index (χ3v) is 11.0. The van der Waals surface area contributed by atoms with Crippen LogP contribution in [0.2, 0.25) is 0 Å². The van der Waals surface area contributed by atoms with Crippen LogP contribution in [0, 0.1) is 5.92 Å². The van der Waals surface area contributed by atoms with Crippen molar-refractivity contribution in [2.24, 2.45) is 10.9 Å². The normalized spacial score (nSPS) is 18.1. The van der Waals surface area contributed by atoms with Gasteiger partial charge >= 0.3 is 0 Å². The first-order chi connectivity index (χ1) is 25.3. The molecule has 4 heteroatoms. The topological polar surface area (TPSA) is 33.7 Å². The van der Waals surface area contributed by atoms with Gasteiger partial charge in [-0.3, -0.25) is 4.99 Å². The summed E-state index contributed by atoms with van der Waals surface area (Å²) in [5, 5.41) is 4.77. The Balaban J connectivity index is 1.12. The van der Waals surface area contributed by atoms with Gasteiger partial charge in [-0.25, -0.2) is 0 Å². The van der Waals surface area contributed by atoms with Crippen molar-refractivity contribution >= 4 is 55.6 Å². The summed E-state index contributed by atoms with van der Waals surface area (Å²) >= 11 is 0. The van der Waals surface area contributed by atoms with Crippen molar-refractivity contribution in [3.63, 3.8) is 0 Å². The molecule has 2 atom stereocenters. The Hall–Kier alpha value is -6.39. The Bertz CT molecular complexity index is 2780. The smallest absolute Gasteiger partial charge is 0.138 e. The van der Waals surface area contributed by atoms with Gasteiger partial charge in [0.1, 0.15) is 17.3 Å². The molecule has 0 spiro atoms. The lowest BCUT2D eigenvalue weighted by atomic mass is 9.91. The van der Waals surface area contributed by atoms with Gasteiger partial charge in [0.2, 0.25) is 0 Å². The summed E-state index contributed by atoms with van der Waals surface area (Å²) in [5.41, 5.74) is 13.8.